The van der Waals surface area contributed by atoms with E-state index in [0.29, 0.717) is 17.1 Å². The van der Waals surface area contributed by atoms with E-state index in [1.807, 2.05) is 0 Å². The van der Waals surface area contributed by atoms with Crippen LogP contribution in [-0.4, -0.2) is 50.2 Å². The van der Waals surface area contributed by atoms with Crippen LogP contribution in [0.25, 0.3) is 0 Å². The summed E-state index contributed by atoms with van der Waals surface area (Å²) in [6.07, 6.45) is 0. The fourth-order valence-electron chi connectivity index (χ4n) is 1.86. The topological polar surface area (TPSA) is 41.6 Å². The molecule has 1 fully saturated rings. The van der Waals surface area contributed by atoms with Gasteiger partial charge in [0.1, 0.15) is 0 Å². The summed E-state index contributed by atoms with van der Waals surface area (Å²) in [5.41, 5.74) is 0.640. The molecule has 0 saturated carbocycles. The molecule has 0 spiro atoms. The van der Waals surface area contributed by atoms with Gasteiger partial charge in [-0.1, -0.05) is 11.6 Å². The lowest BCUT2D eigenvalue weighted by Crippen LogP contribution is -2.41. The van der Waals surface area contributed by atoms with Gasteiger partial charge in [-0.05, 0) is 24.3 Å². The number of nitrogens with zero attached hydrogens (tertiary/aromatic N) is 1. The van der Waals surface area contributed by atoms with Crippen LogP contribution in [0.15, 0.2) is 24.3 Å². The van der Waals surface area contributed by atoms with Gasteiger partial charge in [-0.25, -0.2) is 0 Å². The summed E-state index contributed by atoms with van der Waals surface area (Å²) in [6, 6.07) is 6.90. The molecule has 0 atom stereocenters. The molecule has 0 aliphatic carbocycles. The van der Waals surface area contributed by atoms with E-state index in [1.54, 1.807) is 24.3 Å². The van der Waals surface area contributed by atoms with E-state index >= 15 is 0 Å². The summed E-state index contributed by atoms with van der Waals surface area (Å²) in [6.45, 7) is 4.97. The van der Waals surface area contributed by atoms with Gasteiger partial charge in [-0.15, -0.1) is 24.8 Å². The molecule has 0 unspecified atom stereocenters. The molecule has 1 aliphatic heterocycles. The predicted molar refractivity (Wildman–Crippen MR) is 85.5 cm³/mol. The van der Waals surface area contributed by atoms with Crippen molar-refractivity contribution in [1.82, 2.24) is 10.2 Å². The monoisotopic (exact) mass is 340 g/mol. The molecular weight excluding hydrogens is 323 g/mol. The van der Waals surface area contributed by atoms with Crippen molar-refractivity contribution in [3.8, 4) is 0 Å². The maximum absolute atomic E-state index is 11.8. The van der Waals surface area contributed by atoms with E-state index in [1.165, 1.54) is 0 Å². The Labute approximate surface area is 136 Å². The van der Waals surface area contributed by atoms with Crippen LogP contribution >= 0.6 is 36.4 Å². The van der Waals surface area contributed by atoms with Crippen molar-refractivity contribution in [1.29, 1.82) is 0 Å². The Morgan fingerprint density at radius 2 is 1.80 bits per heavy atom. The Balaban J connectivity index is 0.00000180. The smallest absolute Gasteiger partial charge is 0.251 e. The molecule has 1 heterocycles. The highest BCUT2D eigenvalue weighted by atomic mass is 35.5. The van der Waals surface area contributed by atoms with Crippen molar-refractivity contribution < 1.29 is 9.53 Å². The lowest BCUT2D eigenvalue weighted by Gasteiger charge is -2.26. The highest BCUT2D eigenvalue weighted by Gasteiger charge is 2.10. The fraction of sp³-hybridized carbons (Fsp3) is 0.462. The molecule has 1 aliphatic rings. The number of carbonyl (C=O) groups excluding carboxylic acids is 1. The van der Waals surface area contributed by atoms with Gasteiger partial charge in [0.25, 0.3) is 5.91 Å². The zero-order valence-electron chi connectivity index (χ0n) is 11.0. The number of amides is 1. The third kappa shape index (κ3) is 6.29. The number of hydrogen-bond donors (Lipinski definition) is 1. The lowest BCUT2D eigenvalue weighted by atomic mass is 10.2. The minimum absolute atomic E-state index is 0. The van der Waals surface area contributed by atoms with Gasteiger partial charge in [0, 0.05) is 36.8 Å². The van der Waals surface area contributed by atoms with E-state index in [4.69, 9.17) is 16.3 Å². The molecule has 0 bridgehead atoms. The second-order valence-electron chi connectivity index (χ2n) is 4.22. The summed E-state index contributed by atoms with van der Waals surface area (Å²) in [5.74, 6) is -0.0556. The summed E-state index contributed by atoms with van der Waals surface area (Å²) in [4.78, 5) is 14.1. The van der Waals surface area contributed by atoms with E-state index < -0.39 is 0 Å². The van der Waals surface area contributed by atoms with Crippen LogP contribution in [0.3, 0.4) is 0 Å². The molecular formula is C13H19Cl3N2O2. The van der Waals surface area contributed by atoms with Gasteiger partial charge in [0.05, 0.1) is 13.2 Å². The summed E-state index contributed by atoms with van der Waals surface area (Å²) >= 11 is 5.77. The van der Waals surface area contributed by atoms with Crippen LogP contribution < -0.4 is 5.32 Å². The van der Waals surface area contributed by atoms with Gasteiger partial charge in [0.2, 0.25) is 0 Å². The van der Waals surface area contributed by atoms with E-state index in [0.717, 1.165) is 32.8 Å². The number of hydrogen-bond acceptors (Lipinski definition) is 3. The fourth-order valence-corrected chi connectivity index (χ4v) is 1.98. The summed E-state index contributed by atoms with van der Waals surface area (Å²) in [5, 5.41) is 3.54. The highest BCUT2D eigenvalue weighted by molar-refractivity contribution is 6.30. The Kier molecular flexibility index (Phi) is 9.98. The summed E-state index contributed by atoms with van der Waals surface area (Å²) < 4.78 is 5.27. The molecule has 0 aromatic heterocycles. The van der Waals surface area contributed by atoms with Gasteiger partial charge < -0.3 is 10.1 Å². The minimum Gasteiger partial charge on any atom is -0.379 e. The van der Waals surface area contributed by atoms with Gasteiger partial charge >= 0.3 is 0 Å². The first-order valence-corrected chi connectivity index (χ1v) is 6.47. The van der Waals surface area contributed by atoms with Crippen molar-refractivity contribution in [3.63, 3.8) is 0 Å². The molecule has 0 radical (unpaired) electrons. The molecule has 7 heteroatoms. The molecule has 4 nitrogen and oxygen atoms in total. The van der Waals surface area contributed by atoms with Crippen LogP contribution in [-0.2, 0) is 4.74 Å². The second kappa shape index (κ2) is 10.2. The Morgan fingerprint density at radius 1 is 1.20 bits per heavy atom. The van der Waals surface area contributed by atoms with Crippen molar-refractivity contribution in [3.05, 3.63) is 34.9 Å². The maximum atomic E-state index is 11.8. The number of benzene rings is 1. The van der Waals surface area contributed by atoms with Crippen molar-refractivity contribution in [2.45, 2.75) is 0 Å². The third-order valence-electron chi connectivity index (χ3n) is 2.92. The van der Waals surface area contributed by atoms with Crippen molar-refractivity contribution in [2.75, 3.05) is 39.4 Å². The van der Waals surface area contributed by atoms with Crippen molar-refractivity contribution >= 4 is 42.3 Å². The van der Waals surface area contributed by atoms with Gasteiger partial charge in [0.15, 0.2) is 0 Å². The number of carbonyl (C=O) groups is 1. The normalized spacial score (nSPS) is 14.8. The Bertz CT molecular complexity index is 395. The largest absolute Gasteiger partial charge is 0.379 e. The third-order valence-corrected chi connectivity index (χ3v) is 3.18. The maximum Gasteiger partial charge on any atom is 0.251 e. The van der Waals surface area contributed by atoms with E-state index in [-0.39, 0.29) is 30.7 Å². The first-order valence-electron chi connectivity index (χ1n) is 6.09. The molecule has 114 valence electrons. The van der Waals surface area contributed by atoms with Crippen LogP contribution in [0.1, 0.15) is 10.4 Å². The van der Waals surface area contributed by atoms with Crippen LogP contribution in [0.5, 0.6) is 0 Å². The summed E-state index contributed by atoms with van der Waals surface area (Å²) in [7, 11) is 0. The molecule has 1 saturated heterocycles. The molecule has 20 heavy (non-hydrogen) atoms. The van der Waals surface area contributed by atoms with Crippen LogP contribution in [0.4, 0.5) is 0 Å². The van der Waals surface area contributed by atoms with E-state index in [2.05, 4.69) is 10.2 Å². The highest BCUT2D eigenvalue weighted by Crippen LogP contribution is 2.09. The zero-order chi connectivity index (χ0) is 12.8. The molecule has 1 aromatic carbocycles. The number of halogens is 3. The predicted octanol–water partition coefficient (Wildman–Crippen LogP) is 2.25. The molecule has 1 amide bonds. The number of nitrogens with one attached hydrogen (secondary N) is 1. The van der Waals surface area contributed by atoms with Crippen LogP contribution in [0, 0.1) is 0 Å². The lowest BCUT2D eigenvalue weighted by molar-refractivity contribution is 0.0383. The first-order chi connectivity index (χ1) is 8.75. The number of morpholine rings is 1. The minimum atomic E-state index is -0.0556. The SMILES string of the molecule is Cl.Cl.O=C(NCCN1CCOCC1)c1ccc(Cl)cc1. The molecule has 1 N–H and O–H groups in total. The van der Waals surface area contributed by atoms with Crippen LogP contribution in [0.2, 0.25) is 5.02 Å². The van der Waals surface area contributed by atoms with E-state index in [9.17, 15) is 4.79 Å². The van der Waals surface area contributed by atoms with Gasteiger partial charge in [-0.3, -0.25) is 9.69 Å². The Hall–Kier alpha value is -0.520. The molecule has 2 rings (SSSR count). The van der Waals surface area contributed by atoms with Crippen molar-refractivity contribution in [2.24, 2.45) is 0 Å². The number of ether oxygens (including phenoxy) is 1. The zero-order valence-corrected chi connectivity index (χ0v) is 13.4. The quantitative estimate of drug-likeness (QED) is 0.913. The second-order valence-corrected chi connectivity index (χ2v) is 4.65. The standard InChI is InChI=1S/C13H17ClN2O2.2ClH/c14-12-3-1-11(2-4-12)13(17)15-5-6-16-7-9-18-10-8-16;;/h1-4H,5-10H2,(H,15,17);2*1H. The first kappa shape index (κ1) is 19.5. The average molecular weight is 342 g/mol. The number of rotatable bonds is 4. The Morgan fingerprint density at radius 3 is 2.40 bits per heavy atom. The average Bonchev–Trinajstić information content (AvgIpc) is 2.40. The van der Waals surface area contributed by atoms with Gasteiger partial charge in [-0.2, -0.15) is 0 Å². The molecule has 1 aromatic rings.